The van der Waals surface area contributed by atoms with Crippen LogP contribution in [0.1, 0.15) is 5.56 Å². The molecule has 0 unspecified atom stereocenters. The Morgan fingerprint density at radius 3 is 1.73 bits per heavy atom. The fraction of sp³-hybridized carbons (Fsp3) is 0.100. The van der Waals surface area contributed by atoms with Gasteiger partial charge in [-0.1, -0.05) is 0 Å². The second-order valence-electron chi connectivity index (χ2n) is 5.07. The van der Waals surface area contributed by atoms with Gasteiger partial charge >= 0.3 is 137 Å². The van der Waals surface area contributed by atoms with Crippen LogP contribution in [0.15, 0.2) is 84.9 Å². The fourth-order valence-corrected chi connectivity index (χ4v) is 7.74. The van der Waals surface area contributed by atoms with Crippen LogP contribution in [-0.4, -0.2) is 21.8 Å². The van der Waals surface area contributed by atoms with Crippen LogP contribution in [-0.2, 0) is 11.3 Å². The van der Waals surface area contributed by atoms with Crippen LogP contribution < -0.4 is 13.1 Å². The molecule has 0 radical (unpaired) electrons. The number of hydrogen-bond acceptors (Lipinski definition) is 1. The van der Waals surface area contributed by atoms with E-state index in [1.54, 1.807) is 7.11 Å². The Morgan fingerprint density at radius 1 is 0.682 bits per heavy atom. The van der Waals surface area contributed by atoms with Crippen LogP contribution >= 0.6 is 0 Å². The molecule has 0 amide bonds. The van der Waals surface area contributed by atoms with Gasteiger partial charge in [-0.05, 0) is 0 Å². The Morgan fingerprint density at radius 2 is 1.18 bits per heavy atom. The first-order valence-corrected chi connectivity index (χ1v) is 10.2. The summed E-state index contributed by atoms with van der Waals surface area (Å²) in [6.07, 6.45) is 0. The summed E-state index contributed by atoms with van der Waals surface area (Å²) < 4.78 is 9.76. The molecule has 0 aliphatic rings. The Balaban J connectivity index is 2.15. The SMILES string of the molecule is COCc1ccccc1[As](c1ccccc1)c1ccccc1. The van der Waals surface area contributed by atoms with E-state index in [0.29, 0.717) is 6.61 Å². The molecule has 1 nitrogen and oxygen atoms in total. The van der Waals surface area contributed by atoms with Gasteiger partial charge in [-0.25, -0.2) is 0 Å². The van der Waals surface area contributed by atoms with E-state index in [-0.39, 0.29) is 0 Å². The second-order valence-corrected chi connectivity index (χ2v) is 9.65. The molecule has 2 heteroatoms. The van der Waals surface area contributed by atoms with Gasteiger partial charge in [-0.3, -0.25) is 0 Å². The molecule has 0 N–H and O–H groups in total. The molecule has 0 saturated carbocycles. The van der Waals surface area contributed by atoms with Gasteiger partial charge in [0.15, 0.2) is 0 Å². The van der Waals surface area contributed by atoms with Crippen molar-refractivity contribution in [3.63, 3.8) is 0 Å². The minimum absolute atomic E-state index is 0.668. The van der Waals surface area contributed by atoms with E-state index in [1.165, 1.54) is 18.6 Å². The molecule has 0 aliphatic heterocycles. The Labute approximate surface area is 136 Å². The van der Waals surface area contributed by atoms with E-state index in [1.807, 2.05) is 0 Å². The van der Waals surface area contributed by atoms with Gasteiger partial charge in [-0.15, -0.1) is 0 Å². The quantitative estimate of drug-likeness (QED) is 0.642. The van der Waals surface area contributed by atoms with Crippen molar-refractivity contribution in [1.29, 1.82) is 0 Å². The summed E-state index contributed by atoms with van der Waals surface area (Å²) in [6, 6.07) is 30.5. The molecule has 3 aromatic carbocycles. The first-order chi connectivity index (χ1) is 10.9. The maximum absolute atomic E-state index is 5.41. The van der Waals surface area contributed by atoms with Crippen molar-refractivity contribution in [3.8, 4) is 0 Å². The van der Waals surface area contributed by atoms with Gasteiger partial charge in [0.1, 0.15) is 0 Å². The van der Waals surface area contributed by atoms with Crippen molar-refractivity contribution in [3.05, 3.63) is 90.5 Å². The molecule has 3 rings (SSSR count). The van der Waals surface area contributed by atoms with Gasteiger partial charge in [0, 0.05) is 0 Å². The molecule has 22 heavy (non-hydrogen) atoms. The molecule has 0 fully saturated rings. The van der Waals surface area contributed by atoms with Gasteiger partial charge in [0.25, 0.3) is 0 Å². The van der Waals surface area contributed by atoms with Crippen LogP contribution in [0.25, 0.3) is 0 Å². The van der Waals surface area contributed by atoms with Crippen molar-refractivity contribution in [2.45, 2.75) is 6.61 Å². The van der Waals surface area contributed by atoms with Crippen molar-refractivity contribution in [2.75, 3.05) is 7.11 Å². The summed E-state index contributed by atoms with van der Waals surface area (Å²) >= 11 is -1.54. The molecule has 0 atom stereocenters. The standard InChI is InChI=1S/C20H19AsO/c1-22-16-17-10-8-9-15-20(17)21(18-11-4-2-5-12-18)19-13-6-3-7-14-19/h2-15H,16H2,1H3. The third-order valence-corrected chi connectivity index (χ3v) is 8.91. The number of methoxy groups -OCH3 is 1. The predicted molar refractivity (Wildman–Crippen MR) is 94.7 cm³/mol. The summed E-state index contributed by atoms with van der Waals surface area (Å²) in [7, 11) is 1.76. The number of benzene rings is 3. The van der Waals surface area contributed by atoms with Gasteiger partial charge in [0.05, 0.1) is 0 Å². The molecule has 0 bridgehead atoms. The van der Waals surface area contributed by atoms with E-state index >= 15 is 0 Å². The van der Waals surface area contributed by atoms with E-state index in [2.05, 4.69) is 84.9 Å². The first-order valence-electron chi connectivity index (χ1n) is 7.37. The average molecular weight is 350 g/mol. The molecule has 0 heterocycles. The molecular formula is C20H19AsO. The van der Waals surface area contributed by atoms with Crippen molar-refractivity contribution in [2.24, 2.45) is 0 Å². The van der Waals surface area contributed by atoms with Crippen molar-refractivity contribution < 1.29 is 4.74 Å². The summed E-state index contributed by atoms with van der Waals surface area (Å²) in [5.74, 6) is 0. The molecular weight excluding hydrogens is 331 g/mol. The average Bonchev–Trinajstić information content (AvgIpc) is 2.59. The van der Waals surface area contributed by atoms with Crippen molar-refractivity contribution >= 4 is 27.7 Å². The third kappa shape index (κ3) is 3.32. The van der Waals surface area contributed by atoms with E-state index < -0.39 is 14.7 Å². The number of rotatable bonds is 5. The van der Waals surface area contributed by atoms with Crippen LogP contribution in [0.3, 0.4) is 0 Å². The van der Waals surface area contributed by atoms with Gasteiger partial charge < -0.3 is 0 Å². The monoisotopic (exact) mass is 350 g/mol. The predicted octanol–water partition coefficient (Wildman–Crippen LogP) is 2.35. The van der Waals surface area contributed by atoms with Crippen molar-refractivity contribution in [1.82, 2.24) is 0 Å². The summed E-state index contributed by atoms with van der Waals surface area (Å²) in [5.41, 5.74) is 1.30. The normalized spacial score (nSPS) is 10.8. The zero-order chi connectivity index (χ0) is 15.2. The van der Waals surface area contributed by atoms with Crippen LogP contribution in [0.5, 0.6) is 0 Å². The zero-order valence-corrected chi connectivity index (χ0v) is 14.5. The molecule has 110 valence electrons. The Bertz CT molecular complexity index is 671. The summed E-state index contributed by atoms with van der Waals surface area (Å²) in [6.45, 7) is 0.668. The van der Waals surface area contributed by atoms with E-state index in [9.17, 15) is 0 Å². The number of ether oxygens (including phenoxy) is 1. The summed E-state index contributed by atoms with van der Waals surface area (Å²) in [4.78, 5) is 0. The fourth-order valence-electron chi connectivity index (χ4n) is 2.59. The van der Waals surface area contributed by atoms with Crippen LogP contribution in [0.4, 0.5) is 0 Å². The Kier molecular flexibility index (Phi) is 5.11. The molecule has 0 aliphatic carbocycles. The molecule has 3 aromatic rings. The van der Waals surface area contributed by atoms with E-state index in [0.717, 1.165) is 0 Å². The maximum atomic E-state index is 5.41. The first kappa shape index (κ1) is 15.1. The summed E-state index contributed by atoms with van der Waals surface area (Å²) in [5, 5.41) is 0. The Hall–Kier alpha value is -1.82. The van der Waals surface area contributed by atoms with E-state index in [4.69, 9.17) is 4.74 Å². The molecule has 0 aromatic heterocycles. The van der Waals surface area contributed by atoms with Crippen LogP contribution in [0.2, 0.25) is 0 Å². The molecule has 0 saturated heterocycles. The zero-order valence-electron chi connectivity index (χ0n) is 12.6. The van der Waals surface area contributed by atoms with Gasteiger partial charge in [-0.2, -0.15) is 0 Å². The minimum atomic E-state index is -1.54. The third-order valence-electron chi connectivity index (χ3n) is 3.56. The topological polar surface area (TPSA) is 9.23 Å². The van der Waals surface area contributed by atoms with Gasteiger partial charge in [0.2, 0.25) is 0 Å². The molecule has 0 spiro atoms. The van der Waals surface area contributed by atoms with Crippen LogP contribution in [0, 0.1) is 0 Å². The number of hydrogen-bond donors (Lipinski definition) is 0. The second kappa shape index (κ2) is 7.44.